The number of rotatable bonds is 2. The number of fused-ring (bicyclic) bond motifs is 1. The first-order valence-electron chi connectivity index (χ1n) is 6.85. The van der Waals surface area contributed by atoms with Gasteiger partial charge in [0.05, 0.1) is 11.9 Å². The molecule has 0 amide bonds. The summed E-state index contributed by atoms with van der Waals surface area (Å²) in [5, 5.41) is 9.75. The molecular formula is C18H15N3. The van der Waals surface area contributed by atoms with Gasteiger partial charge in [-0.1, -0.05) is 36.4 Å². The van der Waals surface area contributed by atoms with Crippen molar-refractivity contribution < 1.29 is 1.43 Å². The first-order valence-corrected chi connectivity index (χ1v) is 6.85. The Labute approximate surface area is 123 Å². The minimum Gasteiger partial charge on any atom is -0.277 e. The average Bonchev–Trinajstić information content (AvgIpc) is 3.05. The van der Waals surface area contributed by atoms with Crippen molar-refractivity contribution in [1.29, 1.82) is 0 Å². The van der Waals surface area contributed by atoms with E-state index in [9.17, 15) is 0 Å². The van der Waals surface area contributed by atoms with Crippen LogP contribution in [-0.4, -0.2) is 15.2 Å². The predicted octanol–water partition coefficient (Wildman–Crippen LogP) is 4.54. The Balaban J connectivity index is 0.00000144. The lowest BCUT2D eigenvalue weighted by molar-refractivity contribution is 1.09. The quantitative estimate of drug-likeness (QED) is 0.582. The lowest BCUT2D eigenvalue weighted by Crippen LogP contribution is -1.84. The second kappa shape index (κ2) is 4.87. The smallest absolute Gasteiger partial charge is 0.0744 e. The van der Waals surface area contributed by atoms with Crippen LogP contribution < -0.4 is 0 Å². The number of hydrogen-bond donors (Lipinski definition) is 1. The number of nitrogens with one attached hydrogen (secondary N) is 1. The molecule has 0 saturated carbocycles. The second-order valence-electron chi connectivity index (χ2n) is 4.96. The monoisotopic (exact) mass is 273 g/mol. The van der Waals surface area contributed by atoms with E-state index in [4.69, 9.17) is 0 Å². The minimum absolute atomic E-state index is 0. The van der Waals surface area contributed by atoms with Gasteiger partial charge in [0, 0.05) is 24.9 Å². The Hall–Kier alpha value is -2.94. The molecule has 0 spiro atoms. The van der Waals surface area contributed by atoms with E-state index in [1.807, 2.05) is 24.5 Å². The van der Waals surface area contributed by atoms with Gasteiger partial charge in [0.2, 0.25) is 0 Å². The van der Waals surface area contributed by atoms with Gasteiger partial charge in [0.25, 0.3) is 0 Å². The molecule has 102 valence electrons. The molecule has 3 nitrogen and oxygen atoms in total. The lowest BCUT2D eigenvalue weighted by Gasteiger charge is -2.05. The van der Waals surface area contributed by atoms with Crippen LogP contribution >= 0.6 is 0 Å². The van der Waals surface area contributed by atoms with Crippen molar-refractivity contribution in [2.24, 2.45) is 0 Å². The summed E-state index contributed by atoms with van der Waals surface area (Å²) in [4.78, 5) is 4.18. The lowest BCUT2D eigenvalue weighted by atomic mass is 10.00. The number of pyridine rings is 1. The molecule has 2 aromatic heterocycles. The molecule has 4 aromatic rings. The molecule has 21 heavy (non-hydrogen) atoms. The van der Waals surface area contributed by atoms with E-state index in [0.717, 1.165) is 22.4 Å². The second-order valence-corrected chi connectivity index (χ2v) is 4.96. The molecule has 3 heteroatoms. The summed E-state index contributed by atoms with van der Waals surface area (Å²) in [6.07, 6.45) is 5.49. The van der Waals surface area contributed by atoms with Crippen LogP contribution in [0.2, 0.25) is 0 Å². The molecule has 0 unspecified atom stereocenters. The highest BCUT2D eigenvalue weighted by molar-refractivity contribution is 5.90. The molecule has 0 aliphatic carbocycles. The maximum absolute atomic E-state index is 4.20. The molecule has 0 radical (unpaired) electrons. The Kier molecular flexibility index (Phi) is 2.75. The van der Waals surface area contributed by atoms with Crippen molar-refractivity contribution in [2.75, 3.05) is 0 Å². The molecule has 0 atom stereocenters. The van der Waals surface area contributed by atoms with Crippen LogP contribution in [0.3, 0.4) is 0 Å². The summed E-state index contributed by atoms with van der Waals surface area (Å²) in [6.45, 7) is 0. The molecule has 0 aliphatic heterocycles. The summed E-state index contributed by atoms with van der Waals surface area (Å²) in [5.74, 6) is 0. The van der Waals surface area contributed by atoms with Crippen LogP contribution in [0.15, 0.2) is 73.2 Å². The van der Waals surface area contributed by atoms with Gasteiger partial charge >= 0.3 is 0 Å². The Bertz CT molecular complexity index is 900. The average molecular weight is 273 g/mol. The Morgan fingerprint density at radius 3 is 2.57 bits per heavy atom. The topological polar surface area (TPSA) is 41.6 Å². The summed E-state index contributed by atoms with van der Waals surface area (Å²) in [5.41, 5.74) is 4.28. The SMILES string of the molecule is [HH].c1cncc(-c2[nH]ncc2-c2ccc3ccccc3c2)c1. The molecule has 0 fully saturated rings. The summed E-state index contributed by atoms with van der Waals surface area (Å²) < 4.78 is 0. The highest BCUT2D eigenvalue weighted by Gasteiger charge is 2.10. The van der Waals surface area contributed by atoms with E-state index in [-0.39, 0.29) is 1.43 Å². The Morgan fingerprint density at radius 1 is 0.810 bits per heavy atom. The van der Waals surface area contributed by atoms with Gasteiger partial charge in [-0.05, 0) is 34.5 Å². The standard InChI is InChI=1S/C18H13N3.H2/c1-2-5-14-10-15(8-7-13(14)4-1)17-12-20-21-18(17)16-6-3-9-19-11-16;/h1-12H,(H,20,21);1H. The third-order valence-electron chi connectivity index (χ3n) is 3.65. The number of nitrogens with zero attached hydrogens (tertiary/aromatic N) is 2. The van der Waals surface area contributed by atoms with Crippen LogP contribution in [0.1, 0.15) is 1.43 Å². The third-order valence-corrected chi connectivity index (χ3v) is 3.65. The molecular weight excluding hydrogens is 258 g/mol. The number of aromatic amines is 1. The van der Waals surface area contributed by atoms with Gasteiger partial charge in [0.1, 0.15) is 0 Å². The van der Waals surface area contributed by atoms with Gasteiger partial charge in [-0.3, -0.25) is 10.1 Å². The van der Waals surface area contributed by atoms with Crippen molar-refractivity contribution in [2.45, 2.75) is 0 Å². The van der Waals surface area contributed by atoms with Gasteiger partial charge in [-0.2, -0.15) is 5.10 Å². The van der Waals surface area contributed by atoms with E-state index < -0.39 is 0 Å². The highest BCUT2D eigenvalue weighted by atomic mass is 15.1. The van der Waals surface area contributed by atoms with Crippen molar-refractivity contribution >= 4 is 10.8 Å². The summed E-state index contributed by atoms with van der Waals surface area (Å²) >= 11 is 0. The molecule has 2 heterocycles. The van der Waals surface area contributed by atoms with Crippen LogP contribution in [0.4, 0.5) is 0 Å². The zero-order valence-corrected chi connectivity index (χ0v) is 11.3. The fraction of sp³-hybridized carbons (Fsp3) is 0. The predicted molar refractivity (Wildman–Crippen MR) is 86.9 cm³/mol. The zero-order chi connectivity index (χ0) is 14.1. The summed E-state index contributed by atoms with van der Waals surface area (Å²) in [6, 6.07) is 18.8. The van der Waals surface area contributed by atoms with Crippen LogP contribution in [0.25, 0.3) is 33.2 Å². The van der Waals surface area contributed by atoms with E-state index in [1.54, 1.807) is 6.20 Å². The Morgan fingerprint density at radius 2 is 1.71 bits per heavy atom. The van der Waals surface area contributed by atoms with E-state index >= 15 is 0 Å². The first kappa shape index (κ1) is 11.9. The molecule has 4 rings (SSSR count). The van der Waals surface area contributed by atoms with Crippen LogP contribution in [0, 0.1) is 0 Å². The van der Waals surface area contributed by atoms with Crippen molar-refractivity contribution in [1.82, 2.24) is 15.2 Å². The molecule has 0 aliphatic rings. The van der Waals surface area contributed by atoms with E-state index in [1.165, 1.54) is 10.8 Å². The summed E-state index contributed by atoms with van der Waals surface area (Å²) in [7, 11) is 0. The van der Waals surface area contributed by atoms with Gasteiger partial charge < -0.3 is 0 Å². The normalized spacial score (nSPS) is 10.9. The van der Waals surface area contributed by atoms with E-state index in [0.29, 0.717) is 0 Å². The van der Waals surface area contributed by atoms with Crippen molar-refractivity contribution in [3.05, 3.63) is 73.2 Å². The van der Waals surface area contributed by atoms with Gasteiger partial charge in [0.15, 0.2) is 0 Å². The van der Waals surface area contributed by atoms with Crippen molar-refractivity contribution in [3.63, 3.8) is 0 Å². The maximum Gasteiger partial charge on any atom is 0.0744 e. The number of H-pyrrole nitrogens is 1. The fourth-order valence-corrected chi connectivity index (χ4v) is 2.59. The number of aromatic nitrogens is 3. The molecule has 0 saturated heterocycles. The number of benzene rings is 2. The minimum atomic E-state index is 0. The zero-order valence-electron chi connectivity index (χ0n) is 11.3. The largest absolute Gasteiger partial charge is 0.277 e. The first-order chi connectivity index (χ1) is 10.4. The molecule has 1 N–H and O–H groups in total. The third kappa shape index (κ3) is 2.09. The van der Waals surface area contributed by atoms with Gasteiger partial charge in [-0.25, -0.2) is 0 Å². The van der Waals surface area contributed by atoms with Crippen molar-refractivity contribution in [3.8, 4) is 22.4 Å². The molecule has 0 bridgehead atoms. The van der Waals surface area contributed by atoms with E-state index in [2.05, 4.69) is 57.6 Å². The van der Waals surface area contributed by atoms with Gasteiger partial charge in [-0.15, -0.1) is 0 Å². The number of hydrogen-bond acceptors (Lipinski definition) is 2. The highest BCUT2D eigenvalue weighted by Crippen LogP contribution is 2.31. The van der Waals surface area contributed by atoms with Crippen LogP contribution in [-0.2, 0) is 0 Å². The molecule has 2 aromatic carbocycles. The van der Waals surface area contributed by atoms with Crippen LogP contribution in [0.5, 0.6) is 0 Å². The maximum atomic E-state index is 4.20. The fourth-order valence-electron chi connectivity index (χ4n) is 2.59.